The fourth-order valence-corrected chi connectivity index (χ4v) is 2.92. The lowest BCUT2D eigenvalue weighted by Gasteiger charge is -2.15. The summed E-state index contributed by atoms with van der Waals surface area (Å²) in [6.45, 7) is -3.29. The molecule has 0 unspecified atom stereocenters. The van der Waals surface area contributed by atoms with Gasteiger partial charge < -0.3 is 4.74 Å². The van der Waals surface area contributed by atoms with Gasteiger partial charge in [-0.05, 0) is 30.5 Å². The number of nitrogens with zero attached hydrogens (tertiary/aromatic N) is 3. The number of ether oxygens (including phenoxy) is 1. The minimum Gasteiger partial charge on any atom is -0.434 e. The Morgan fingerprint density at radius 1 is 1.08 bits per heavy atom. The summed E-state index contributed by atoms with van der Waals surface area (Å²) in [5, 5.41) is 9.68. The Hall–Kier alpha value is -2.49. The Balaban J connectivity index is 2.25. The first-order chi connectivity index (χ1) is 12.3. The van der Waals surface area contributed by atoms with Crippen molar-refractivity contribution in [2.45, 2.75) is 17.8 Å². The van der Waals surface area contributed by atoms with Crippen LogP contribution in [0.5, 0.6) is 5.75 Å². The predicted octanol–water partition coefficient (Wildman–Crippen LogP) is 5.03. The molecule has 10 heteroatoms. The number of pyridine rings is 1. The smallest absolute Gasteiger partial charge is 0.416 e. The van der Waals surface area contributed by atoms with E-state index in [-0.39, 0.29) is 11.3 Å². The van der Waals surface area contributed by atoms with Crippen molar-refractivity contribution in [1.29, 1.82) is 0 Å². The van der Waals surface area contributed by atoms with Crippen LogP contribution in [0.25, 0.3) is 22.0 Å². The summed E-state index contributed by atoms with van der Waals surface area (Å²) in [7, 11) is 0. The maximum Gasteiger partial charge on any atom is 0.416 e. The zero-order chi connectivity index (χ0) is 18.9. The van der Waals surface area contributed by atoms with Crippen molar-refractivity contribution >= 4 is 22.5 Å². The van der Waals surface area contributed by atoms with E-state index in [0.29, 0.717) is 21.9 Å². The van der Waals surface area contributed by atoms with Crippen molar-refractivity contribution in [2.75, 3.05) is 6.26 Å². The van der Waals surface area contributed by atoms with E-state index in [1.54, 1.807) is 12.3 Å². The molecular weight excluding hydrogens is 377 g/mol. The quantitative estimate of drug-likeness (QED) is 0.464. The third-order valence-electron chi connectivity index (χ3n) is 3.52. The van der Waals surface area contributed by atoms with Crippen LogP contribution >= 0.6 is 11.8 Å². The zero-order valence-corrected chi connectivity index (χ0v) is 13.9. The maximum absolute atomic E-state index is 12.9. The number of fused-ring (bicyclic) bond motifs is 1. The standard InChI is InChI=1S/C16H10F5N3OS/c1-26-14-11-7-22-5-4-9(11)13(23-24-14)10-3-2-8(16(19,20)21)6-12(10)25-15(17)18/h2-7,15H,1H3. The molecule has 3 rings (SSSR count). The highest BCUT2D eigenvalue weighted by Gasteiger charge is 2.32. The number of hydrogen-bond donors (Lipinski definition) is 0. The molecule has 136 valence electrons. The van der Waals surface area contributed by atoms with Crippen LogP contribution in [0.15, 0.2) is 41.7 Å². The summed E-state index contributed by atoms with van der Waals surface area (Å²) in [6.07, 6.45) is 0.0745. The van der Waals surface area contributed by atoms with E-state index in [1.807, 2.05) is 0 Å². The van der Waals surface area contributed by atoms with Gasteiger partial charge in [0.05, 0.1) is 5.56 Å². The molecule has 2 aromatic heterocycles. The number of aromatic nitrogens is 3. The first kappa shape index (κ1) is 18.3. The van der Waals surface area contributed by atoms with E-state index >= 15 is 0 Å². The second kappa shape index (κ2) is 7.02. The third-order valence-corrected chi connectivity index (χ3v) is 4.21. The molecule has 0 amide bonds. The van der Waals surface area contributed by atoms with Gasteiger partial charge in [-0.2, -0.15) is 22.0 Å². The molecule has 1 aromatic carbocycles. The van der Waals surface area contributed by atoms with Gasteiger partial charge in [-0.15, -0.1) is 22.0 Å². The van der Waals surface area contributed by atoms with Gasteiger partial charge in [-0.25, -0.2) is 0 Å². The molecule has 0 aliphatic carbocycles. The fraction of sp³-hybridized carbons (Fsp3) is 0.188. The summed E-state index contributed by atoms with van der Waals surface area (Å²) in [4.78, 5) is 3.99. The molecule has 0 saturated carbocycles. The second-order valence-electron chi connectivity index (χ2n) is 5.07. The Labute approximate surface area is 148 Å². The Bertz CT molecular complexity index is 949. The average Bonchev–Trinajstić information content (AvgIpc) is 2.59. The molecule has 0 aliphatic heterocycles. The largest absolute Gasteiger partial charge is 0.434 e. The highest BCUT2D eigenvalue weighted by Crippen LogP contribution is 2.39. The average molecular weight is 387 g/mol. The topological polar surface area (TPSA) is 47.9 Å². The summed E-state index contributed by atoms with van der Waals surface area (Å²) in [6, 6.07) is 3.94. The van der Waals surface area contributed by atoms with Crippen LogP contribution < -0.4 is 4.74 Å². The highest BCUT2D eigenvalue weighted by molar-refractivity contribution is 7.98. The monoisotopic (exact) mass is 387 g/mol. The summed E-state index contributed by atoms with van der Waals surface area (Å²) >= 11 is 1.31. The van der Waals surface area contributed by atoms with Crippen molar-refractivity contribution in [1.82, 2.24) is 15.2 Å². The molecule has 26 heavy (non-hydrogen) atoms. The fourth-order valence-electron chi connectivity index (χ4n) is 2.41. The first-order valence-electron chi connectivity index (χ1n) is 7.12. The van der Waals surface area contributed by atoms with Gasteiger partial charge >= 0.3 is 12.8 Å². The van der Waals surface area contributed by atoms with Crippen molar-refractivity contribution in [3.05, 3.63) is 42.2 Å². The van der Waals surface area contributed by atoms with Gasteiger partial charge in [0, 0.05) is 28.7 Å². The number of halogens is 5. The molecule has 0 N–H and O–H groups in total. The number of alkyl halides is 5. The molecule has 0 fully saturated rings. The molecule has 2 heterocycles. The summed E-state index contributed by atoms with van der Waals surface area (Å²) in [5.74, 6) is -0.626. The van der Waals surface area contributed by atoms with Crippen LogP contribution in [0.4, 0.5) is 22.0 Å². The van der Waals surface area contributed by atoms with E-state index in [0.717, 1.165) is 12.1 Å². The summed E-state index contributed by atoms with van der Waals surface area (Å²) in [5.41, 5.74) is -0.990. The lowest BCUT2D eigenvalue weighted by Crippen LogP contribution is -2.09. The minimum absolute atomic E-state index is 0.0188. The zero-order valence-electron chi connectivity index (χ0n) is 13.1. The number of hydrogen-bond acceptors (Lipinski definition) is 5. The second-order valence-corrected chi connectivity index (χ2v) is 5.86. The number of thioether (sulfide) groups is 1. The van der Waals surface area contributed by atoms with Crippen LogP contribution in [0.3, 0.4) is 0 Å². The Morgan fingerprint density at radius 2 is 1.85 bits per heavy atom. The van der Waals surface area contributed by atoms with Gasteiger partial charge in [0.25, 0.3) is 0 Å². The Kier molecular flexibility index (Phi) is 4.94. The lowest BCUT2D eigenvalue weighted by atomic mass is 10.0. The maximum atomic E-state index is 12.9. The van der Waals surface area contributed by atoms with Crippen molar-refractivity contribution < 1.29 is 26.7 Å². The SMILES string of the molecule is CSc1nnc(-c2ccc(C(F)(F)F)cc2OC(F)F)c2ccncc12. The molecular formula is C16H10F5N3OS. The van der Waals surface area contributed by atoms with Crippen molar-refractivity contribution in [3.8, 4) is 17.0 Å². The van der Waals surface area contributed by atoms with Gasteiger partial charge in [-0.3, -0.25) is 4.98 Å². The molecule has 0 aliphatic rings. The van der Waals surface area contributed by atoms with Crippen molar-refractivity contribution in [3.63, 3.8) is 0 Å². The Morgan fingerprint density at radius 3 is 2.50 bits per heavy atom. The highest BCUT2D eigenvalue weighted by atomic mass is 32.2. The number of benzene rings is 1. The third kappa shape index (κ3) is 3.55. The normalized spacial score (nSPS) is 12.0. The van der Waals surface area contributed by atoms with Gasteiger partial charge in [0.1, 0.15) is 16.5 Å². The minimum atomic E-state index is -4.70. The van der Waals surface area contributed by atoms with E-state index in [9.17, 15) is 22.0 Å². The van der Waals surface area contributed by atoms with Crippen molar-refractivity contribution in [2.24, 2.45) is 0 Å². The predicted molar refractivity (Wildman–Crippen MR) is 86.2 cm³/mol. The van der Waals surface area contributed by atoms with Gasteiger partial charge in [-0.1, -0.05) is 0 Å². The molecule has 3 aromatic rings. The molecule has 0 bridgehead atoms. The van der Waals surface area contributed by atoms with Crippen LogP contribution in [-0.2, 0) is 6.18 Å². The summed E-state index contributed by atoms with van der Waals surface area (Å²) < 4.78 is 68.5. The van der Waals surface area contributed by atoms with Crippen LogP contribution in [0.1, 0.15) is 5.56 Å². The molecule has 0 saturated heterocycles. The molecule has 0 atom stereocenters. The first-order valence-corrected chi connectivity index (χ1v) is 8.34. The van der Waals surface area contributed by atoms with Crippen LogP contribution in [0, 0.1) is 0 Å². The van der Waals surface area contributed by atoms with Gasteiger partial charge in [0.2, 0.25) is 0 Å². The molecule has 4 nitrogen and oxygen atoms in total. The van der Waals surface area contributed by atoms with Crippen LogP contribution in [0.2, 0.25) is 0 Å². The molecule has 0 radical (unpaired) electrons. The lowest BCUT2D eigenvalue weighted by molar-refractivity contribution is -0.138. The van der Waals surface area contributed by atoms with E-state index in [1.165, 1.54) is 24.2 Å². The van der Waals surface area contributed by atoms with Crippen LogP contribution in [-0.4, -0.2) is 28.0 Å². The van der Waals surface area contributed by atoms with E-state index in [4.69, 9.17) is 0 Å². The number of rotatable bonds is 4. The van der Waals surface area contributed by atoms with E-state index in [2.05, 4.69) is 19.9 Å². The molecule has 0 spiro atoms. The van der Waals surface area contributed by atoms with Gasteiger partial charge in [0.15, 0.2) is 0 Å². The van der Waals surface area contributed by atoms with E-state index < -0.39 is 24.1 Å².